The number of rotatable bonds is 5. The molecule has 0 spiro atoms. The monoisotopic (exact) mass is 251 g/mol. The quantitative estimate of drug-likeness (QED) is 0.810. The summed E-state index contributed by atoms with van der Waals surface area (Å²) in [5.41, 5.74) is 1.09. The van der Waals surface area contributed by atoms with E-state index in [1.54, 1.807) is 6.07 Å². The van der Waals surface area contributed by atoms with Crippen LogP contribution in [0.5, 0.6) is 11.5 Å². The molecule has 1 N–H and O–H groups in total. The first-order valence-electron chi connectivity index (χ1n) is 6.48. The van der Waals surface area contributed by atoms with Crippen molar-refractivity contribution in [3.63, 3.8) is 0 Å². The van der Waals surface area contributed by atoms with E-state index in [1.807, 2.05) is 19.1 Å². The van der Waals surface area contributed by atoms with Crippen molar-refractivity contribution in [2.45, 2.75) is 13.3 Å². The average Bonchev–Trinajstić information content (AvgIpc) is 2.40. The van der Waals surface area contributed by atoms with Crippen molar-refractivity contribution in [3.05, 3.63) is 23.8 Å². The molecule has 18 heavy (non-hydrogen) atoms. The van der Waals surface area contributed by atoms with Gasteiger partial charge in [-0.15, -0.1) is 0 Å². The van der Waals surface area contributed by atoms with Crippen LogP contribution in [0, 0.1) is 6.92 Å². The van der Waals surface area contributed by atoms with E-state index in [2.05, 4.69) is 4.90 Å². The lowest BCUT2D eigenvalue weighted by Crippen LogP contribution is -2.37. The molecule has 4 nitrogen and oxygen atoms in total. The molecule has 2 rings (SSSR count). The summed E-state index contributed by atoms with van der Waals surface area (Å²) in [5.74, 6) is 0.795. The molecule has 1 aromatic rings. The van der Waals surface area contributed by atoms with Gasteiger partial charge >= 0.3 is 0 Å². The molecule has 1 fully saturated rings. The summed E-state index contributed by atoms with van der Waals surface area (Å²) in [7, 11) is 0. The number of phenols is 1. The summed E-state index contributed by atoms with van der Waals surface area (Å²) in [6.07, 6.45) is 0.966. The minimum atomic E-state index is 0.215. The fourth-order valence-electron chi connectivity index (χ4n) is 2.03. The molecule has 0 bridgehead atoms. The highest BCUT2D eigenvalue weighted by molar-refractivity contribution is 5.41. The maximum absolute atomic E-state index is 9.63. The fraction of sp³-hybridized carbons (Fsp3) is 0.571. The van der Waals surface area contributed by atoms with Crippen molar-refractivity contribution in [1.82, 2.24) is 4.90 Å². The zero-order chi connectivity index (χ0) is 12.8. The summed E-state index contributed by atoms with van der Waals surface area (Å²) < 4.78 is 10.9. The molecular formula is C14H21NO3. The Kier molecular flexibility index (Phi) is 4.84. The molecular weight excluding hydrogens is 230 g/mol. The molecule has 0 saturated carbocycles. The summed E-state index contributed by atoms with van der Waals surface area (Å²) in [6, 6.07) is 5.41. The van der Waals surface area contributed by atoms with Gasteiger partial charge < -0.3 is 14.6 Å². The predicted molar refractivity (Wildman–Crippen MR) is 70.2 cm³/mol. The Morgan fingerprint density at radius 1 is 1.33 bits per heavy atom. The summed E-state index contributed by atoms with van der Waals surface area (Å²) in [6.45, 7) is 7.33. The Balaban J connectivity index is 1.69. The molecule has 0 amide bonds. The Bertz CT molecular complexity index is 375. The van der Waals surface area contributed by atoms with E-state index in [9.17, 15) is 5.11 Å². The highest BCUT2D eigenvalue weighted by Gasteiger charge is 2.09. The molecule has 0 radical (unpaired) electrons. The third-order valence-electron chi connectivity index (χ3n) is 3.10. The Morgan fingerprint density at radius 2 is 2.11 bits per heavy atom. The lowest BCUT2D eigenvalue weighted by atomic mass is 10.2. The van der Waals surface area contributed by atoms with Gasteiger partial charge in [0.05, 0.1) is 19.8 Å². The van der Waals surface area contributed by atoms with Crippen LogP contribution >= 0.6 is 0 Å². The second kappa shape index (κ2) is 6.61. The van der Waals surface area contributed by atoms with Crippen molar-refractivity contribution < 1.29 is 14.6 Å². The standard InChI is InChI=1S/C14H21NO3/c1-12-3-4-13(16)14(11-12)18-8-2-5-15-6-9-17-10-7-15/h3-4,11,16H,2,5-10H2,1H3. The van der Waals surface area contributed by atoms with E-state index in [4.69, 9.17) is 9.47 Å². The molecule has 0 atom stereocenters. The van der Waals surface area contributed by atoms with Gasteiger partial charge in [0.2, 0.25) is 0 Å². The number of benzene rings is 1. The van der Waals surface area contributed by atoms with Gasteiger partial charge in [-0.3, -0.25) is 4.90 Å². The third kappa shape index (κ3) is 3.89. The van der Waals surface area contributed by atoms with Crippen LogP contribution in [0.1, 0.15) is 12.0 Å². The largest absolute Gasteiger partial charge is 0.504 e. The maximum Gasteiger partial charge on any atom is 0.161 e. The number of ether oxygens (including phenoxy) is 2. The molecule has 1 saturated heterocycles. The Morgan fingerprint density at radius 3 is 2.89 bits per heavy atom. The molecule has 0 aromatic heterocycles. The first kappa shape index (κ1) is 13.2. The molecule has 1 aromatic carbocycles. The van der Waals surface area contributed by atoms with Gasteiger partial charge in [0, 0.05) is 19.6 Å². The number of aromatic hydroxyl groups is 1. The van der Waals surface area contributed by atoms with Crippen LogP contribution in [0.3, 0.4) is 0 Å². The zero-order valence-electron chi connectivity index (χ0n) is 10.9. The SMILES string of the molecule is Cc1ccc(O)c(OCCCN2CCOCC2)c1. The molecule has 1 aliphatic rings. The van der Waals surface area contributed by atoms with Crippen molar-refractivity contribution >= 4 is 0 Å². The maximum atomic E-state index is 9.63. The highest BCUT2D eigenvalue weighted by atomic mass is 16.5. The molecule has 1 aliphatic heterocycles. The second-order valence-corrected chi connectivity index (χ2v) is 4.63. The molecule has 1 heterocycles. The summed E-state index contributed by atoms with van der Waals surface area (Å²) in [4.78, 5) is 2.38. The highest BCUT2D eigenvalue weighted by Crippen LogP contribution is 2.26. The third-order valence-corrected chi connectivity index (χ3v) is 3.10. The van der Waals surface area contributed by atoms with Gasteiger partial charge in [-0.2, -0.15) is 0 Å². The Labute approximate surface area is 108 Å². The van der Waals surface area contributed by atoms with E-state index in [1.165, 1.54) is 0 Å². The second-order valence-electron chi connectivity index (χ2n) is 4.63. The topological polar surface area (TPSA) is 41.9 Å². The van der Waals surface area contributed by atoms with E-state index >= 15 is 0 Å². The number of aryl methyl sites for hydroxylation is 1. The molecule has 4 heteroatoms. The van der Waals surface area contributed by atoms with Crippen LogP contribution in [0.4, 0.5) is 0 Å². The van der Waals surface area contributed by atoms with Gasteiger partial charge in [-0.05, 0) is 31.0 Å². The number of nitrogens with zero attached hydrogens (tertiary/aromatic N) is 1. The number of phenolic OH excluding ortho intramolecular Hbond substituents is 1. The Hall–Kier alpha value is -1.26. The number of morpholine rings is 1. The van der Waals surface area contributed by atoms with Crippen molar-refractivity contribution in [3.8, 4) is 11.5 Å². The fourth-order valence-corrected chi connectivity index (χ4v) is 2.03. The molecule has 0 unspecified atom stereocenters. The van der Waals surface area contributed by atoms with Crippen LogP contribution in [-0.4, -0.2) is 49.5 Å². The lowest BCUT2D eigenvalue weighted by Gasteiger charge is -2.26. The van der Waals surface area contributed by atoms with Gasteiger partial charge in [0.25, 0.3) is 0 Å². The van der Waals surface area contributed by atoms with Crippen LogP contribution in [-0.2, 0) is 4.74 Å². The van der Waals surface area contributed by atoms with E-state index in [0.717, 1.165) is 44.8 Å². The van der Waals surface area contributed by atoms with Crippen molar-refractivity contribution in [2.75, 3.05) is 39.5 Å². The minimum Gasteiger partial charge on any atom is -0.504 e. The zero-order valence-corrected chi connectivity index (χ0v) is 10.9. The van der Waals surface area contributed by atoms with E-state index in [-0.39, 0.29) is 5.75 Å². The minimum absolute atomic E-state index is 0.215. The van der Waals surface area contributed by atoms with E-state index in [0.29, 0.717) is 12.4 Å². The molecule has 0 aliphatic carbocycles. The average molecular weight is 251 g/mol. The summed E-state index contributed by atoms with van der Waals surface area (Å²) >= 11 is 0. The van der Waals surface area contributed by atoms with Crippen molar-refractivity contribution in [1.29, 1.82) is 0 Å². The lowest BCUT2D eigenvalue weighted by molar-refractivity contribution is 0.0357. The molecule has 100 valence electrons. The first-order chi connectivity index (χ1) is 8.75. The predicted octanol–water partition coefficient (Wildman–Crippen LogP) is 1.80. The van der Waals surface area contributed by atoms with Gasteiger partial charge in [0.15, 0.2) is 11.5 Å². The van der Waals surface area contributed by atoms with Gasteiger partial charge in [-0.25, -0.2) is 0 Å². The van der Waals surface area contributed by atoms with E-state index < -0.39 is 0 Å². The van der Waals surface area contributed by atoms with Gasteiger partial charge in [0.1, 0.15) is 0 Å². The van der Waals surface area contributed by atoms with Crippen molar-refractivity contribution in [2.24, 2.45) is 0 Å². The van der Waals surface area contributed by atoms with Crippen LogP contribution in [0.15, 0.2) is 18.2 Å². The first-order valence-corrected chi connectivity index (χ1v) is 6.48. The van der Waals surface area contributed by atoms with Crippen LogP contribution in [0.25, 0.3) is 0 Å². The smallest absolute Gasteiger partial charge is 0.161 e. The van der Waals surface area contributed by atoms with Crippen LogP contribution in [0.2, 0.25) is 0 Å². The number of hydrogen-bond acceptors (Lipinski definition) is 4. The van der Waals surface area contributed by atoms with Crippen LogP contribution < -0.4 is 4.74 Å². The summed E-state index contributed by atoms with van der Waals surface area (Å²) in [5, 5.41) is 9.63. The normalized spacial score (nSPS) is 16.7. The van der Waals surface area contributed by atoms with Gasteiger partial charge in [-0.1, -0.05) is 6.07 Å². The number of hydrogen-bond donors (Lipinski definition) is 1.